The number of carbonyl (C=O) groups excluding carboxylic acids is 1. The lowest BCUT2D eigenvalue weighted by Gasteiger charge is -2.08. The van der Waals surface area contributed by atoms with Crippen LogP contribution in [0.4, 0.5) is 11.6 Å². The Morgan fingerprint density at radius 3 is 2.50 bits per heavy atom. The quantitative estimate of drug-likeness (QED) is 0.432. The van der Waals surface area contributed by atoms with Gasteiger partial charge in [0.1, 0.15) is 11.6 Å². The Morgan fingerprint density at radius 1 is 1.06 bits per heavy atom. The fourth-order valence-electron chi connectivity index (χ4n) is 2.76. The van der Waals surface area contributed by atoms with Crippen molar-refractivity contribution in [1.82, 2.24) is 9.97 Å². The average Bonchev–Trinajstić information content (AvgIpc) is 3.26. The molecule has 4 rings (SSSR count). The summed E-state index contributed by atoms with van der Waals surface area (Å²) in [5, 5.41) is 12.0. The minimum Gasteiger partial charge on any atom is -0.454 e. The zero-order chi connectivity index (χ0) is 22.6. The molecule has 0 unspecified atom stereocenters. The largest absolute Gasteiger partial charge is 0.454 e. The number of sulfonamides is 1. The molecule has 0 spiro atoms. The lowest BCUT2D eigenvalue weighted by molar-refractivity contribution is -0.112. The first-order valence-corrected chi connectivity index (χ1v) is 10.7. The summed E-state index contributed by atoms with van der Waals surface area (Å²) in [5.41, 5.74) is 0.775. The van der Waals surface area contributed by atoms with Gasteiger partial charge in [-0.1, -0.05) is 6.07 Å². The van der Waals surface area contributed by atoms with Crippen LogP contribution in [0.2, 0.25) is 0 Å². The molecule has 0 saturated heterocycles. The van der Waals surface area contributed by atoms with E-state index in [4.69, 9.17) is 9.47 Å². The van der Waals surface area contributed by atoms with Crippen molar-refractivity contribution in [2.24, 2.45) is 0 Å². The summed E-state index contributed by atoms with van der Waals surface area (Å²) in [4.78, 5) is 20.1. The van der Waals surface area contributed by atoms with E-state index in [1.54, 1.807) is 24.3 Å². The fraction of sp³-hybridized carbons (Fsp3) is 0.0476. The van der Waals surface area contributed by atoms with Gasteiger partial charge in [-0.05, 0) is 54.1 Å². The number of nitrogens with one attached hydrogen (secondary N) is 2. The van der Waals surface area contributed by atoms with E-state index >= 15 is 0 Å². The highest BCUT2D eigenvalue weighted by Gasteiger charge is 2.17. The topological polar surface area (TPSA) is 143 Å². The van der Waals surface area contributed by atoms with Crippen molar-refractivity contribution in [3.8, 4) is 17.6 Å². The number of ether oxygens (including phenoxy) is 2. The minimum absolute atomic E-state index is 0.0423. The summed E-state index contributed by atoms with van der Waals surface area (Å²) < 4.78 is 37.6. The summed E-state index contributed by atoms with van der Waals surface area (Å²) >= 11 is 0. The molecule has 0 saturated carbocycles. The monoisotopic (exact) mass is 449 g/mol. The van der Waals surface area contributed by atoms with E-state index in [-0.39, 0.29) is 23.2 Å². The van der Waals surface area contributed by atoms with Crippen molar-refractivity contribution in [1.29, 1.82) is 5.26 Å². The van der Waals surface area contributed by atoms with E-state index in [0.29, 0.717) is 22.7 Å². The first-order valence-electron chi connectivity index (χ1n) is 9.17. The molecule has 2 aromatic carbocycles. The molecule has 1 aliphatic rings. The van der Waals surface area contributed by atoms with Crippen LogP contribution in [0.1, 0.15) is 5.56 Å². The maximum absolute atomic E-state index is 12.5. The Balaban J connectivity index is 1.46. The lowest BCUT2D eigenvalue weighted by Crippen LogP contribution is -2.16. The summed E-state index contributed by atoms with van der Waals surface area (Å²) in [7, 11) is -3.90. The molecule has 3 aromatic rings. The Morgan fingerprint density at radius 2 is 1.78 bits per heavy atom. The summed E-state index contributed by atoms with van der Waals surface area (Å²) in [6.45, 7) is 0.119. The molecule has 0 fully saturated rings. The zero-order valence-electron chi connectivity index (χ0n) is 16.3. The number of hydrogen-bond acceptors (Lipinski definition) is 8. The Bertz CT molecular complexity index is 1330. The van der Waals surface area contributed by atoms with Crippen molar-refractivity contribution < 1.29 is 22.7 Å². The average molecular weight is 449 g/mol. The number of aromatic nitrogens is 2. The molecule has 11 heteroatoms. The summed E-state index contributed by atoms with van der Waals surface area (Å²) in [6.07, 6.45) is 4.24. The van der Waals surface area contributed by atoms with E-state index in [0.717, 1.165) is 0 Å². The normalized spacial score (nSPS) is 12.7. The number of nitriles is 1. The summed E-state index contributed by atoms with van der Waals surface area (Å²) in [6, 6.07) is 13.9. The van der Waals surface area contributed by atoms with Crippen LogP contribution in [0.5, 0.6) is 11.5 Å². The second-order valence-electron chi connectivity index (χ2n) is 6.44. The van der Waals surface area contributed by atoms with Gasteiger partial charge in [0.15, 0.2) is 11.5 Å². The van der Waals surface area contributed by atoms with Crippen molar-refractivity contribution in [3.63, 3.8) is 0 Å². The molecule has 2 N–H and O–H groups in total. The summed E-state index contributed by atoms with van der Waals surface area (Å²) in [5.74, 6) is 0.421. The maximum Gasteiger partial charge on any atom is 0.266 e. The Hall–Kier alpha value is -4.43. The van der Waals surface area contributed by atoms with Gasteiger partial charge in [0.05, 0.1) is 4.90 Å². The molecule has 160 valence electrons. The molecule has 1 aliphatic heterocycles. The van der Waals surface area contributed by atoms with E-state index in [2.05, 4.69) is 20.0 Å². The van der Waals surface area contributed by atoms with Crippen LogP contribution in [0.15, 0.2) is 71.4 Å². The predicted molar refractivity (Wildman–Crippen MR) is 114 cm³/mol. The first kappa shape index (κ1) is 20.8. The fourth-order valence-corrected chi connectivity index (χ4v) is 3.72. The SMILES string of the molecule is N#C/C(=C\c1ccc2c(c1)OCO2)C(=O)Nc1ccc(S(=O)(=O)Nc2ncccn2)cc1. The van der Waals surface area contributed by atoms with Crippen LogP contribution in [0.3, 0.4) is 0 Å². The maximum atomic E-state index is 12.5. The van der Waals surface area contributed by atoms with Crippen molar-refractivity contribution >= 4 is 33.6 Å². The molecule has 0 bridgehead atoms. The second kappa shape index (κ2) is 8.75. The van der Waals surface area contributed by atoms with Crippen LogP contribution < -0.4 is 19.5 Å². The van der Waals surface area contributed by atoms with Gasteiger partial charge >= 0.3 is 0 Å². The molecular formula is C21H15N5O5S. The molecular weight excluding hydrogens is 434 g/mol. The van der Waals surface area contributed by atoms with E-state index < -0.39 is 15.9 Å². The third-order valence-corrected chi connectivity index (χ3v) is 5.63. The van der Waals surface area contributed by atoms with Gasteiger partial charge in [0.25, 0.3) is 15.9 Å². The highest BCUT2D eigenvalue weighted by molar-refractivity contribution is 7.92. The highest BCUT2D eigenvalue weighted by atomic mass is 32.2. The molecule has 0 aliphatic carbocycles. The van der Waals surface area contributed by atoms with E-state index in [1.165, 1.54) is 42.7 Å². The third-order valence-electron chi connectivity index (χ3n) is 4.29. The number of carbonyl (C=O) groups is 1. The number of fused-ring (bicyclic) bond motifs is 1. The van der Waals surface area contributed by atoms with Gasteiger partial charge < -0.3 is 14.8 Å². The van der Waals surface area contributed by atoms with Crippen molar-refractivity contribution in [2.45, 2.75) is 4.90 Å². The van der Waals surface area contributed by atoms with Crippen LogP contribution >= 0.6 is 0 Å². The zero-order valence-corrected chi connectivity index (χ0v) is 17.2. The van der Waals surface area contributed by atoms with Crippen LogP contribution in [0, 0.1) is 11.3 Å². The van der Waals surface area contributed by atoms with Gasteiger partial charge in [0, 0.05) is 18.1 Å². The standard InChI is InChI=1S/C21H15N5O5S/c22-12-15(10-14-2-7-18-19(11-14)31-13-30-18)20(27)25-16-3-5-17(6-4-16)32(28,29)26-21-23-8-1-9-24-21/h1-11H,13H2,(H,25,27)(H,23,24,26)/b15-10+. The van der Waals surface area contributed by atoms with Crippen LogP contribution in [0.25, 0.3) is 6.08 Å². The van der Waals surface area contributed by atoms with Gasteiger partial charge in [-0.3, -0.25) is 4.79 Å². The highest BCUT2D eigenvalue weighted by Crippen LogP contribution is 2.33. The molecule has 0 atom stereocenters. The van der Waals surface area contributed by atoms with E-state index in [1.807, 2.05) is 6.07 Å². The number of anilines is 2. The molecule has 1 aromatic heterocycles. The smallest absolute Gasteiger partial charge is 0.266 e. The number of rotatable bonds is 6. The third kappa shape index (κ3) is 4.66. The number of nitrogens with zero attached hydrogens (tertiary/aromatic N) is 3. The number of amides is 1. The van der Waals surface area contributed by atoms with Gasteiger partial charge in [-0.2, -0.15) is 5.26 Å². The van der Waals surface area contributed by atoms with Gasteiger partial charge in [0.2, 0.25) is 12.7 Å². The van der Waals surface area contributed by atoms with Gasteiger partial charge in [-0.25, -0.2) is 23.1 Å². The number of hydrogen-bond donors (Lipinski definition) is 2. The minimum atomic E-state index is -3.90. The molecule has 10 nitrogen and oxygen atoms in total. The lowest BCUT2D eigenvalue weighted by atomic mass is 10.1. The Kier molecular flexibility index (Phi) is 5.69. The molecule has 1 amide bonds. The molecule has 32 heavy (non-hydrogen) atoms. The first-order chi connectivity index (χ1) is 15.4. The van der Waals surface area contributed by atoms with Crippen molar-refractivity contribution in [3.05, 3.63) is 72.1 Å². The number of benzene rings is 2. The van der Waals surface area contributed by atoms with Gasteiger partial charge in [-0.15, -0.1) is 0 Å². The Labute approximate surface area is 183 Å². The van der Waals surface area contributed by atoms with Crippen LogP contribution in [-0.4, -0.2) is 31.1 Å². The van der Waals surface area contributed by atoms with Crippen LogP contribution in [-0.2, 0) is 14.8 Å². The second-order valence-corrected chi connectivity index (χ2v) is 8.12. The molecule has 0 radical (unpaired) electrons. The van der Waals surface area contributed by atoms with Crippen molar-refractivity contribution in [2.75, 3.05) is 16.8 Å². The molecule has 2 heterocycles. The van der Waals surface area contributed by atoms with E-state index in [9.17, 15) is 18.5 Å². The predicted octanol–water partition coefficient (Wildman–Crippen LogP) is 2.55.